The fraction of sp³-hybridized carbons (Fsp3) is 0.500. The van der Waals surface area contributed by atoms with Crippen LogP contribution >= 0.6 is 0 Å². The van der Waals surface area contributed by atoms with E-state index < -0.39 is 37.5 Å². The van der Waals surface area contributed by atoms with E-state index in [1.807, 2.05) is 0 Å². The Hall–Kier alpha value is -1.01. The molecule has 0 aromatic carbocycles. The summed E-state index contributed by atoms with van der Waals surface area (Å²) in [6.07, 6.45) is 0. The maximum atomic E-state index is 10.1. The van der Waals surface area contributed by atoms with Gasteiger partial charge in [0, 0.05) is 0 Å². The molecule has 0 saturated heterocycles. The van der Waals surface area contributed by atoms with Gasteiger partial charge in [0.05, 0.1) is 19.6 Å². The number of carboxylic acids is 3. The van der Waals surface area contributed by atoms with Crippen molar-refractivity contribution in [1.82, 2.24) is 4.90 Å². The van der Waals surface area contributed by atoms with Crippen LogP contribution in [-0.4, -0.2) is 57.8 Å². The molecule has 0 saturated carbocycles. The van der Waals surface area contributed by atoms with Crippen molar-refractivity contribution < 1.29 is 49.2 Å². The van der Waals surface area contributed by atoms with Gasteiger partial charge in [0.1, 0.15) is 0 Å². The first-order valence-electron chi connectivity index (χ1n) is 3.29. The first-order chi connectivity index (χ1) is 5.91. The Morgan fingerprint density at radius 3 is 1.14 bits per heavy atom. The second kappa shape index (κ2) is 7.40. The van der Waals surface area contributed by atoms with Gasteiger partial charge < -0.3 is 15.3 Å². The maximum absolute atomic E-state index is 10.1. The SMILES string of the molecule is O=C(O)CN(CC(=O)O)CC(=O)O.[Zn+2]. The van der Waals surface area contributed by atoms with Crippen LogP contribution in [0.15, 0.2) is 0 Å². The number of nitrogens with zero attached hydrogens (tertiary/aromatic N) is 1. The third-order valence-corrected chi connectivity index (χ3v) is 1.08. The summed E-state index contributed by atoms with van der Waals surface area (Å²) in [5, 5.41) is 24.8. The number of carbonyl (C=O) groups is 3. The van der Waals surface area contributed by atoms with E-state index in [9.17, 15) is 14.4 Å². The molecule has 0 aromatic heterocycles. The summed E-state index contributed by atoms with van der Waals surface area (Å²) in [6, 6.07) is 0. The zero-order chi connectivity index (χ0) is 10.4. The van der Waals surface area contributed by atoms with Crippen LogP contribution in [0.5, 0.6) is 0 Å². The van der Waals surface area contributed by atoms with E-state index in [0.717, 1.165) is 4.90 Å². The molecule has 0 aromatic rings. The van der Waals surface area contributed by atoms with Crippen LogP contribution in [0.1, 0.15) is 0 Å². The second-order valence-electron chi connectivity index (χ2n) is 2.33. The van der Waals surface area contributed by atoms with Gasteiger partial charge in [-0.3, -0.25) is 19.3 Å². The Morgan fingerprint density at radius 1 is 0.786 bits per heavy atom. The summed E-state index contributed by atoms with van der Waals surface area (Å²) in [5.74, 6) is -3.78. The minimum Gasteiger partial charge on any atom is -0.480 e. The average Bonchev–Trinajstić information content (AvgIpc) is 1.80. The standard InChI is InChI=1S/C6H9NO6.Zn/c8-4(9)1-7(2-5(10)11)3-6(12)13;/h1-3H2,(H,8,9)(H,10,11)(H,12,13);/q;+2. The van der Waals surface area contributed by atoms with Crippen LogP contribution in [0.2, 0.25) is 0 Å². The number of hydrogen-bond donors (Lipinski definition) is 3. The van der Waals surface area contributed by atoms with Gasteiger partial charge in [-0.15, -0.1) is 0 Å². The van der Waals surface area contributed by atoms with Gasteiger partial charge in [0.25, 0.3) is 0 Å². The third-order valence-electron chi connectivity index (χ3n) is 1.08. The van der Waals surface area contributed by atoms with Crippen LogP contribution in [0.4, 0.5) is 0 Å². The number of carboxylic acid groups (broad SMARTS) is 3. The van der Waals surface area contributed by atoms with Gasteiger partial charge in [0.2, 0.25) is 0 Å². The number of hydrogen-bond acceptors (Lipinski definition) is 4. The quantitative estimate of drug-likeness (QED) is 0.497. The van der Waals surface area contributed by atoms with E-state index in [1.54, 1.807) is 0 Å². The van der Waals surface area contributed by atoms with E-state index in [0.29, 0.717) is 0 Å². The van der Waals surface area contributed by atoms with Crippen LogP contribution in [-0.2, 0) is 33.9 Å². The molecule has 0 fully saturated rings. The van der Waals surface area contributed by atoms with E-state index in [1.165, 1.54) is 0 Å². The fourth-order valence-electron chi connectivity index (χ4n) is 0.742. The summed E-state index contributed by atoms with van der Waals surface area (Å²) in [7, 11) is 0. The van der Waals surface area contributed by atoms with E-state index in [4.69, 9.17) is 15.3 Å². The molecule has 3 N–H and O–H groups in total. The molecule has 0 atom stereocenters. The minimum atomic E-state index is -1.26. The number of rotatable bonds is 6. The van der Waals surface area contributed by atoms with E-state index in [-0.39, 0.29) is 19.5 Å². The smallest absolute Gasteiger partial charge is 0.480 e. The molecule has 7 nitrogen and oxygen atoms in total. The van der Waals surface area contributed by atoms with Crippen LogP contribution in [0, 0.1) is 0 Å². The summed E-state index contributed by atoms with van der Waals surface area (Å²) in [6.45, 7) is -1.80. The van der Waals surface area contributed by atoms with Gasteiger partial charge in [0.15, 0.2) is 0 Å². The second-order valence-corrected chi connectivity index (χ2v) is 2.33. The number of aliphatic carboxylic acids is 3. The first kappa shape index (κ1) is 15.5. The Bertz CT molecular complexity index is 192. The molecule has 0 amide bonds. The maximum Gasteiger partial charge on any atom is 2.00 e. The molecule has 14 heavy (non-hydrogen) atoms. The van der Waals surface area contributed by atoms with Crippen molar-refractivity contribution in [3.8, 4) is 0 Å². The Labute approximate surface area is 92.1 Å². The van der Waals surface area contributed by atoms with Crippen molar-refractivity contribution in [1.29, 1.82) is 0 Å². The molecule has 8 heteroatoms. The molecule has 0 aliphatic carbocycles. The largest absolute Gasteiger partial charge is 2.00 e. The zero-order valence-corrected chi connectivity index (χ0v) is 10.3. The fourth-order valence-corrected chi connectivity index (χ4v) is 0.742. The summed E-state index contributed by atoms with van der Waals surface area (Å²) >= 11 is 0. The first-order valence-corrected chi connectivity index (χ1v) is 3.29. The average molecular weight is 257 g/mol. The van der Waals surface area contributed by atoms with Crippen molar-refractivity contribution in [3.63, 3.8) is 0 Å². The Kier molecular flexibility index (Phi) is 8.18. The van der Waals surface area contributed by atoms with Crippen molar-refractivity contribution in [3.05, 3.63) is 0 Å². The molecule has 0 aliphatic rings. The topological polar surface area (TPSA) is 115 Å². The Balaban J connectivity index is 0. The van der Waals surface area contributed by atoms with Crippen molar-refractivity contribution in [2.24, 2.45) is 0 Å². The van der Waals surface area contributed by atoms with Crippen molar-refractivity contribution in [2.45, 2.75) is 0 Å². The molecule has 0 heterocycles. The summed E-state index contributed by atoms with van der Waals surface area (Å²) < 4.78 is 0. The molecule has 0 bridgehead atoms. The normalized spacial score (nSPS) is 9.21. The van der Waals surface area contributed by atoms with Gasteiger partial charge in [-0.2, -0.15) is 0 Å². The van der Waals surface area contributed by atoms with Crippen LogP contribution in [0.3, 0.4) is 0 Å². The molecule has 0 radical (unpaired) electrons. The van der Waals surface area contributed by atoms with Crippen LogP contribution < -0.4 is 0 Å². The van der Waals surface area contributed by atoms with Gasteiger partial charge in [-0.25, -0.2) is 0 Å². The van der Waals surface area contributed by atoms with Gasteiger partial charge in [-0.05, 0) is 0 Å². The summed E-state index contributed by atoms with van der Waals surface area (Å²) in [4.78, 5) is 31.2. The minimum absolute atomic E-state index is 0. The molecule has 74 valence electrons. The predicted molar refractivity (Wildman–Crippen MR) is 39.3 cm³/mol. The molecule has 0 spiro atoms. The zero-order valence-electron chi connectivity index (χ0n) is 7.34. The summed E-state index contributed by atoms with van der Waals surface area (Å²) in [5.41, 5.74) is 0. The molecule has 0 rings (SSSR count). The monoisotopic (exact) mass is 255 g/mol. The van der Waals surface area contributed by atoms with Crippen molar-refractivity contribution >= 4 is 17.9 Å². The van der Waals surface area contributed by atoms with Crippen LogP contribution in [0.25, 0.3) is 0 Å². The molecular formula is C6H9NO6Zn+2. The van der Waals surface area contributed by atoms with Gasteiger partial charge in [-0.1, -0.05) is 0 Å². The van der Waals surface area contributed by atoms with E-state index in [2.05, 4.69) is 0 Å². The molecular weight excluding hydrogens is 247 g/mol. The third kappa shape index (κ3) is 9.08. The van der Waals surface area contributed by atoms with Gasteiger partial charge >= 0.3 is 37.4 Å². The molecule has 0 aliphatic heterocycles. The molecule has 0 unspecified atom stereocenters. The predicted octanol–water partition coefficient (Wildman–Crippen LogP) is -1.46. The Morgan fingerprint density at radius 2 is 1.00 bits per heavy atom. The van der Waals surface area contributed by atoms with E-state index >= 15 is 0 Å². The van der Waals surface area contributed by atoms with Crippen molar-refractivity contribution in [2.75, 3.05) is 19.6 Å².